The second kappa shape index (κ2) is 39.5. The number of hydrogen-bond donors (Lipinski definition) is 2. The van der Waals surface area contributed by atoms with Crippen LogP contribution >= 0.6 is 0 Å². The molecule has 6 heteroatoms. The molecule has 0 aromatic rings. The van der Waals surface area contributed by atoms with Gasteiger partial charge in [-0.25, -0.2) is 9.59 Å². The summed E-state index contributed by atoms with van der Waals surface area (Å²) in [4.78, 5) is 21.2. The van der Waals surface area contributed by atoms with E-state index in [0.717, 1.165) is 13.0 Å². The highest BCUT2D eigenvalue weighted by atomic mass is 16.5. The topological polar surface area (TPSA) is 98.8 Å². The van der Waals surface area contributed by atoms with Crippen LogP contribution in [-0.2, 0) is 19.1 Å². The minimum Gasteiger partial charge on any atom is -0.463 e. The lowest BCUT2D eigenvalue weighted by Gasteiger charge is -2.03. The van der Waals surface area contributed by atoms with Crippen LogP contribution < -0.4 is 5.73 Å². The molecule has 0 aliphatic carbocycles. The summed E-state index contributed by atoms with van der Waals surface area (Å²) in [5.74, 6) is -0.759. The van der Waals surface area contributed by atoms with Crippen LogP contribution in [0.1, 0.15) is 156 Å². The fourth-order valence-electron chi connectivity index (χ4n) is 3.89. The molecular weight excluding hydrogens is 502 g/mol. The van der Waals surface area contributed by atoms with Crippen LogP contribution in [0.4, 0.5) is 0 Å². The summed E-state index contributed by atoms with van der Waals surface area (Å²) in [5, 5.41) is 8.19. The van der Waals surface area contributed by atoms with Gasteiger partial charge in [0.1, 0.15) is 6.61 Å². The summed E-state index contributed by atoms with van der Waals surface area (Å²) in [5.41, 5.74) is 5.79. The standard InChI is InChI=1S/C15H28O2.C13H29N.C6H10O3/c1-3-5-6-7-8-9-10-11-12-13-14-17-15(16)4-2;1-2-3-4-5-6-7-8-9-10-11-12-13-14;1-5(2)6(8)9-4-3-7/h4H,2-3,5-14H2,1H3;2-14H2,1H3;7H,1,3-4H2,2H3. The molecule has 0 aliphatic rings. The Kier molecular flexibility index (Phi) is 42.2. The number of aliphatic hydroxyl groups excluding tert-OH is 1. The molecule has 6 nitrogen and oxygen atoms in total. The molecule has 0 aromatic heterocycles. The number of esters is 2. The van der Waals surface area contributed by atoms with E-state index in [9.17, 15) is 9.59 Å². The van der Waals surface area contributed by atoms with E-state index in [0.29, 0.717) is 12.2 Å². The van der Waals surface area contributed by atoms with Crippen LogP contribution in [0.3, 0.4) is 0 Å². The molecule has 0 saturated carbocycles. The highest BCUT2D eigenvalue weighted by Crippen LogP contribution is 2.11. The van der Waals surface area contributed by atoms with Gasteiger partial charge < -0.3 is 20.3 Å². The van der Waals surface area contributed by atoms with E-state index >= 15 is 0 Å². The maximum absolute atomic E-state index is 10.7. The first-order valence-corrected chi connectivity index (χ1v) is 16.3. The summed E-state index contributed by atoms with van der Waals surface area (Å²) < 4.78 is 9.37. The molecule has 0 amide bonds. The SMILES string of the molecule is C=C(C)C(=O)OCCO.C=CC(=O)OCCCCCCCCCCCC.CCCCCCCCCCCCCN. The zero-order valence-corrected chi connectivity index (χ0v) is 26.8. The lowest BCUT2D eigenvalue weighted by Crippen LogP contribution is -2.08. The van der Waals surface area contributed by atoms with Gasteiger partial charge in [-0.05, 0) is 26.3 Å². The molecule has 0 heterocycles. The normalized spacial score (nSPS) is 10.0. The van der Waals surface area contributed by atoms with Gasteiger partial charge in [0, 0.05) is 11.6 Å². The average molecular weight is 570 g/mol. The third-order valence-corrected chi connectivity index (χ3v) is 6.39. The zero-order chi connectivity index (χ0) is 30.5. The highest BCUT2D eigenvalue weighted by Gasteiger charge is 2.00. The molecule has 0 rings (SSSR count). The molecule has 3 N–H and O–H groups in total. The van der Waals surface area contributed by atoms with Gasteiger partial charge in [0.2, 0.25) is 0 Å². The van der Waals surface area contributed by atoms with Crippen LogP contribution in [0.2, 0.25) is 0 Å². The second-order valence-electron chi connectivity index (χ2n) is 10.5. The Hall–Kier alpha value is -1.66. The van der Waals surface area contributed by atoms with Crippen molar-refractivity contribution in [3.05, 3.63) is 24.8 Å². The number of unbranched alkanes of at least 4 members (excludes halogenated alkanes) is 19. The van der Waals surface area contributed by atoms with Crippen molar-refractivity contribution in [1.29, 1.82) is 0 Å². The van der Waals surface area contributed by atoms with Gasteiger partial charge >= 0.3 is 11.9 Å². The predicted molar refractivity (Wildman–Crippen MR) is 171 cm³/mol. The van der Waals surface area contributed by atoms with Crippen molar-refractivity contribution in [2.24, 2.45) is 5.73 Å². The van der Waals surface area contributed by atoms with Crippen LogP contribution in [0.15, 0.2) is 24.8 Å². The smallest absolute Gasteiger partial charge is 0.333 e. The number of aliphatic hydroxyl groups is 1. The first kappa shape index (κ1) is 42.8. The molecule has 40 heavy (non-hydrogen) atoms. The number of carbonyl (C=O) groups is 2. The van der Waals surface area contributed by atoms with Gasteiger partial charge in [0.05, 0.1) is 13.2 Å². The van der Waals surface area contributed by atoms with Gasteiger partial charge in [-0.15, -0.1) is 0 Å². The van der Waals surface area contributed by atoms with Crippen molar-refractivity contribution in [3.63, 3.8) is 0 Å². The third kappa shape index (κ3) is 43.4. The van der Waals surface area contributed by atoms with Crippen LogP contribution in [0, 0.1) is 0 Å². The van der Waals surface area contributed by atoms with Crippen LogP contribution in [0.25, 0.3) is 0 Å². The number of carbonyl (C=O) groups excluding carboxylic acids is 2. The van der Waals surface area contributed by atoms with E-state index < -0.39 is 5.97 Å². The Bertz CT molecular complexity index is 538. The van der Waals surface area contributed by atoms with Crippen molar-refractivity contribution >= 4 is 11.9 Å². The first-order chi connectivity index (χ1) is 19.4. The molecule has 0 saturated heterocycles. The summed E-state index contributed by atoms with van der Waals surface area (Å²) in [7, 11) is 0. The quantitative estimate of drug-likeness (QED) is 0.0612. The van der Waals surface area contributed by atoms with Crippen molar-refractivity contribution < 1.29 is 24.2 Å². The Morgan fingerprint density at radius 2 is 1.02 bits per heavy atom. The molecule has 0 aromatic carbocycles. The zero-order valence-electron chi connectivity index (χ0n) is 26.8. The molecule has 238 valence electrons. The van der Waals surface area contributed by atoms with Gasteiger partial charge in [0.15, 0.2) is 0 Å². The average Bonchev–Trinajstić information content (AvgIpc) is 2.96. The van der Waals surface area contributed by atoms with Gasteiger partial charge in [-0.2, -0.15) is 0 Å². The Balaban J connectivity index is -0.000000538. The molecular formula is C34H67NO5. The number of rotatable bonds is 26. The fraction of sp³-hybridized carbons (Fsp3) is 0.824. The van der Waals surface area contributed by atoms with Crippen LogP contribution in [0.5, 0.6) is 0 Å². The number of hydrogen-bond acceptors (Lipinski definition) is 6. The molecule has 0 atom stereocenters. The third-order valence-electron chi connectivity index (χ3n) is 6.39. The lowest BCUT2D eigenvalue weighted by atomic mass is 10.1. The van der Waals surface area contributed by atoms with Crippen molar-refractivity contribution in [2.75, 3.05) is 26.4 Å². The van der Waals surface area contributed by atoms with E-state index in [1.807, 2.05) is 0 Å². The highest BCUT2D eigenvalue weighted by molar-refractivity contribution is 5.86. The monoisotopic (exact) mass is 570 g/mol. The fourth-order valence-corrected chi connectivity index (χ4v) is 3.89. The van der Waals surface area contributed by atoms with E-state index in [1.165, 1.54) is 134 Å². The summed E-state index contributed by atoms with van der Waals surface area (Å²) in [6.07, 6.45) is 29.6. The van der Waals surface area contributed by atoms with Crippen LogP contribution in [-0.4, -0.2) is 43.4 Å². The van der Waals surface area contributed by atoms with E-state index in [2.05, 4.69) is 31.7 Å². The van der Waals surface area contributed by atoms with Crippen molar-refractivity contribution in [1.82, 2.24) is 0 Å². The maximum atomic E-state index is 10.7. The van der Waals surface area contributed by atoms with Gasteiger partial charge in [-0.3, -0.25) is 0 Å². The molecule has 0 bridgehead atoms. The Morgan fingerprint density at radius 1 is 0.650 bits per heavy atom. The minimum atomic E-state index is -0.455. The Labute approximate surface area is 248 Å². The first-order valence-electron chi connectivity index (χ1n) is 16.3. The molecule has 0 radical (unpaired) electrons. The minimum absolute atomic E-state index is 0.0473. The van der Waals surface area contributed by atoms with E-state index in [1.54, 1.807) is 6.92 Å². The van der Waals surface area contributed by atoms with Crippen molar-refractivity contribution in [2.45, 2.75) is 156 Å². The number of nitrogens with two attached hydrogens (primary N) is 1. The molecule has 0 spiro atoms. The number of ether oxygens (including phenoxy) is 2. The molecule has 0 fully saturated rings. The van der Waals surface area contributed by atoms with E-state index in [4.69, 9.17) is 15.6 Å². The van der Waals surface area contributed by atoms with E-state index in [-0.39, 0.29) is 19.2 Å². The van der Waals surface area contributed by atoms with Gasteiger partial charge in [0.25, 0.3) is 0 Å². The predicted octanol–water partition coefficient (Wildman–Crippen LogP) is 8.99. The maximum Gasteiger partial charge on any atom is 0.333 e. The molecule has 0 unspecified atom stereocenters. The second-order valence-corrected chi connectivity index (χ2v) is 10.5. The summed E-state index contributed by atoms with van der Waals surface area (Å²) in [6.45, 7) is 14.1. The molecule has 0 aliphatic heterocycles. The summed E-state index contributed by atoms with van der Waals surface area (Å²) in [6, 6.07) is 0. The lowest BCUT2D eigenvalue weighted by molar-refractivity contribution is -0.140. The van der Waals surface area contributed by atoms with Gasteiger partial charge in [-0.1, -0.05) is 149 Å². The summed E-state index contributed by atoms with van der Waals surface area (Å²) >= 11 is 0. The Morgan fingerprint density at radius 3 is 1.35 bits per heavy atom. The largest absolute Gasteiger partial charge is 0.463 e. The van der Waals surface area contributed by atoms with Crippen molar-refractivity contribution in [3.8, 4) is 0 Å².